The Bertz CT molecular complexity index is 107. The third-order valence-electron chi connectivity index (χ3n) is 1.24. The minimum absolute atomic E-state index is 1.10. The predicted molar refractivity (Wildman–Crippen MR) is 52.2 cm³/mol. The van der Waals surface area contributed by atoms with Crippen molar-refractivity contribution >= 4 is 37.1 Å². The predicted octanol–water partition coefficient (Wildman–Crippen LogP) is 0.271. The Balaban J connectivity index is 2.45. The summed E-state index contributed by atoms with van der Waals surface area (Å²) in [4.78, 5) is 0. The monoisotopic (exact) mass is 237 g/mol. The van der Waals surface area contributed by atoms with Crippen LogP contribution in [0, 0.1) is 0 Å². The summed E-state index contributed by atoms with van der Waals surface area (Å²) in [5.74, 6) is 0. The molecule has 0 spiro atoms. The Morgan fingerprint density at radius 1 is 0.833 bits per heavy atom. The topological polar surface area (TPSA) is 36.9 Å². The zero-order valence-electron chi connectivity index (χ0n) is 7.71. The van der Waals surface area contributed by atoms with Crippen LogP contribution in [0.15, 0.2) is 0 Å². The lowest BCUT2D eigenvalue weighted by atomic mass is 11.9. The molecule has 0 unspecified atom stereocenters. The summed E-state index contributed by atoms with van der Waals surface area (Å²) in [5, 5.41) is 0. The van der Waals surface area contributed by atoms with Gasteiger partial charge in [0.2, 0.25) is 0 Å². The van der Waals surface area contributed by atoms with Gasteiger partial charge in [0.1, 0.15) is 0 Å². The van der Waals surface area contributed by atoms with Crippen molar-refractivity contribution in [1.29, 1.82) is 0 Å². The zero-order valence-corrected chi connectivity index (χ0v) is 11.9. The van der Waals surface area contributed by atoms with Gasteiger partial charge in [0, 0.05) is 0 Å². The number of rotatable bonds is 0. The maximum Gasteiger partial charge on any atom is 0.362 e. The van der Waals surface area contributed by atoms with Gasteiger partial charge in [-0.05, 0) is 26.2 Å². The molecule has 0 amide bonds. The molecule has 1 aliphatic rings. The van der Waals surface area contributed by atoms with Crippen LogP contribution in [0.1, 0.15) is 0 Å². The first-order valence-electron chi connectivity index (χ1n) is 3.77. The van der Waals surface area contributed by atoms with Crippen molar-refractivity contribution in [3.63, 3.8) is 0 Å². The van der Waals surface area contributed by atoms with E-state index >= 15 is 0 Å². The molecule has 69 valence electrons. The fraction of sp³-hybridized carbons (Fsp3) is 1.00. The maximum absolute atomic E-state index is 5.60. The second-order valence-electron chi connectivity index (χ2n) is 2.48. The molecule has 0 aliphatic carbocycles. The van der Waals surface area contributed by atoms with Gasteiger partial charge in [-0.2, -0.15) is 0 Å². The van der Waals surface area contributed by atoms with E-state index < -0.39 is 37.1 Å². The second kappa shape index (κ2) is 4.81. The van der Waals surface area contributed by atoms with Crippen molar-refractivity contribution < 1.29 is 16.5 Å². The van der Waals surface area contributed by atoms with Crippen LogP contribution in [0.25, 0.3) is 0 Å². The standard InChI is InChI=1S/C4H13O4Si4/c1-9-5-10(2)7-12(4)8-11(3)6-9/h9H,1-4H3. The summed E-state index contributed by atoms with van der Waals surface area (Å²) in [6, 6.07) is 0. The van der Waals surface area contributed by atoms with E-state index in [0.717, 1.165) is 0 Å². The average Bonchev–Trinajstić information content (AvgIpc) is 1.81. The van der Waals surface area contributed by atoms with Crippen LogP contribution < -0.4 is 0 Å². The van der Waals surface area contributed by atoms with E-state index in [2.05, 4.69) is 0 Å². The summed E-state index contributed by atoms with van der Waals surface area (Å²) in [6.07, 6.45) is 0. The summed E-state index contributed by atoms with van der Waals surface area (Å²) in [6.45, 7) is 7.98. The van der Waals surface area contributed by atoms with Crippen molar-refractivity contribution in [1.82, 2.24) is 0 Å². The Morgan fingerprint density at radius 2 is 1.25 bits per heavy atom. The van der Waals surface area contributed by atoms with E-state index in [0.29, 0.717) is 0 Å². The fourth-order valence-corrected chi connectivity index (χ4v) is 10.4. The van der Waals surface area contributed by atoms with Gasteiger partial charge >= 0.3 is 27.9 Å². The van der Waals surface area contributed by atoms with Gasteiger partial charge in [0.05, 0.1) is 0 Å². The molecule has 1 rings (SSSR count). The molecular formula is C4H13O4Si4. The third-order valence-corrected chi connectivity index (χ3v) is 11.1. The van der Waals surface area contributed by atoms with E-state index in [1.54, 1.807) is 0 Å². The van der Waals surface area contributed by atoms with E-state index in [1.807, 2.05) is 26.2 Å². The SMILES string of the molecule is C[Si]1O[Si](C)O[SiH](C)O[Si](C)O1. The lowest BCUT2D eigenvalue weighted by molar-refractivity contribution is 0.295. The molecule has 1 saturated heterocycles. The van der Waals surface area contributed by atoms with Gasteiger partial charge in [0.15, 0.2) is 0 Å². The van der Waals surface area contributed by atoms with Crippen LogP contribution in [0.4, 0.5) is 0 Å². The van der Waals surface area contributed by atoms with Gasteiger partial charge in [-0.25, -0.2) is 0 Å². The van der Waals surface area contributed by atoms with Gasteiger partial charge in [-0.15, -0.1) is 0 Å². The normalized spacial score (nSPS) is 27.0. The molecule has 0 aromatic carbocycles. The summed E-state index contributed by atoms with van der Waals surface area (Å²) >= 11 is 0. The van der Waals surface area contributed by atoms with Crippen molar-refractivity contribution in [3.05, 3.63) is 0 Å². The van der Waals surface area contributed by atoms with Crippen molar-refractivity contribution in [3.8, 4) is 0 Å². The highest BCUT2D eigenvalue weighted by atomic mass is 28.5. The molecule has 0 aromatic heterocycles. The lowest BCUT2D eigenvalue weighted by Gasteiger charge is -2.26. The zero-order chi connectivity index (χ0) is 9.14. The molecule has 4 nitrogen and oxygen atoms in total. The van der Waals surface area contributed by atoms with E-state index in [9.17, 15) is 0 Å². The minimum Gasteiger partial charge on any atom is -0.417 e. The van der Waals surface area contributed by atoms with E-state index in [4.69, 9.17) is 16.5 Å². The van der Waals surface area contributed by atoms with Gasteiger partial charge < -0.3 is 16.5 Å². The van der Waals surface area contributed by atoms with Crippen LogP contribution in [0.3, 0.4) is 0 Å². The second-order valence-corrected chi connectivity index (χ2v) is 10.1. The quantitative estimate of drug-likeness (QED) is 0.567. The molecule has 0 N–H and O–H groups in total. The molecule has 0 bridgehead atoms. The highest BCUT2D eigenvalue weighted by Crippen LogP contribution is 2.06. The largest absolute Gasteiger partial charge is 0.417 e. The molecule has 0 saturated carbocycles. The van der Waals surface area contributed by atoms with Crippen molar-refractivity contribution in [2.75, 3.05) is 0 Å². The molecule has 0 aromatic rings. The van der Waals surface area contributed by atoms with Gasteiger partial charge in [-0.1, -0.05) is 0 Å². The van der Waals surface area contributed by atoms with Gasteiger partial charge in [-0.3, -0.25) is 0 Å². The van der Waals surface area contributed by atoms with Crippen LogP contribution in [-0.2, 0) is 16.5 Å². The summed E-state index contributed by atoms with van der Waals surface area (Å²) in [5.41, 5.74) is 0. The molecule has 3 radical (unpaired) electrons. The Hall–Kier alpha value is 0.708. The Morgan fingerprint density at radius 3 is 1.67 bits per heavy atom. The summed E-state index contributed by atoms with van der Waals surface area (Å²) < 4.78 is 22.3. The molecule has 1 fully saturated rings. The first-order valence-corrected chi connectivity index (χ1v) is 11.3. The fourth-order valence-electron chi connectivity index (χ4n) is 0.965. The molecule has 12 heavy (non-hydrogen) atoms. The van der Waals surface area contributed by atoms with E-state index in [-0.39, 0.29) is 0 Å². The minimum atomic E-state index is -1.45. The molecule has 8 heteroatoms. The summed E-state index contributed by atoms with van der Waals surface area (Å²) in [7, 11) is -4.76. The number of hydrogen-bond acceptors (Lipinski definition) is 4. The van der Waals surface area contributed by atoms with Gasteiger partial charge in [0.25, 0.3) is 9.28 Å². The third kappa shape index (κ3) is 3.61. The first-order chi connectivity index (χ1) is 5.58. The highest BCUT2D eigenvalue weighted by molar-refractivity contribution is 6.72. The first kappa shape index (κ1) is 10.8. The smallest absolute Gasteiger partial charge is 0.362 e. The van der Waals surface area contributed by atoms with Crippen LogP contribution in [-0.4, -0.2) is 37.1 Å². The molecule has 0 atom stereocenters. The maximum atomic E-state index is 5.60. The van der Waals surface area contributed by atoms with E-state index in [1.165, 1.54) is 0 Å². The lowest BCUT2D eigenvalue weighted by Crippen LogP contribution is -2.44. The number of hydrogen-bond donors (Lipinski definition) is 0. The molecule has 1 heterocycles. The average molecular weight is 237 g/mol. The van der Waals surface area contributed by atoms with Crippen LogP contribution in [0.2, 0.25) is 26.2 Å². The Kier molecular flexibility index (Phi) is 4.32. The Labute approximate surface area is 80.2 Å². The molecular weight excluding hydrogens is 224 g/mol. The van der Waals surface area contributed by atoms with Crippen LogP contribution >= 0.6 is 0 Å². The van der Waals surface area contributed by atoms with Crippen LogP contribution in [0.5, 0.6) is 0 Å². The highest BCUT2D eigenvalue weighted by Gasteiger charge is 2.28. The van der Waals surface area contributed by atoms with Crippen molar-refractivity contribution in [2.24, 2.45) is 0 Å². The molecule has 1 aliphatic heterocycles. The van der Waals surface area contributed by atoms with Crippen molar-refractivity contribution in [2.45, 2.75) is 26.2 Å².